The molecule has 0 spiro atoms. The summed E-state index contributed by atoms with van der Waals surface area (Å²) in [6, 6.07) is 17.5. The molecule has 3 aromatic carbocycles. The summed E-state index contributed by atoms with van der Waals surface area (Å²) in [5.74, 6) is -2.55. The number of aliphatic hydroxyl groups excluding tert-OH is 1. The third-order valence-corrected chi connectivity index (χ3v) is 10.5. The second-order valence-electron chi connectivity index (χ2n) is 13.3. The van der Waals surface area contributed by atoms with Crippen LogP contribution in [-0.4, -0.2) is 39.1 Å². The maximum atomic E-state index is 14.2. The lowest BCUT2D eigenvalue weighted by Gasteiger charge is -2.45. The summed E-state index contributed by atoms with van der Waals surface area (Å²) < 4.78 is 28.0. The Hall–Kier alpha value is -3.19. The van der Waals surface area contributed by atoms with Crippen LogP contribution >= 0.6 is 0 Å². The van der Waals surface area contributed by atoms with Gasteiger partial charge < -0.3 is 10.2 Å². The number of carbonyl (C=O) groups excluding carboxylic acids is 1. The quantitative estimate of drug-likeness (QED) is 0.250. The molecule has 3 aliphatic carbocycles. The summed E-state index contributed by atoms with van der Waals surface area (Å²) in [7, 11) is 0. The summed E-state index contributed by atoms with van der Waals surface area (Å²) in [5.41, 5.74) is 4.47. The molecular formula is C37H41F2NO3. The van der Waals surface area contributed by atoms with Crippen LogP contribution < -0.4 is 0 Å². The zero-order valence-corrected chi connectivity index (χ0v) is 25.1. The first-order chi connectivity index (χ1) is 20.6. The lowest BCUT2D eigenvalue weighted by atomic mass is 9.64. The van der Waals surface area contributed by atoms with Crippen LogP contribution in [0.3, 0.4) is 0 Å². The molecule has 1 heterocycles. The first kappa shape index (κ1) is 29.9. The van der Waals surface area contributed by atoms with Gasteiger partial charge in [-0.2, -0.15) is 0 Å². The van der Waals surface area contributed by atoms with Gasteiger partial charge in [-0.3, -0.25) is 9.69 Å². The number of benzene rings is 3. The predicted molar refractivity (Wildman–Crippen MR) is 164 cm³/mol. The molecule has 7 rings (SSSR count). The highest BCUT2D eigenvalue weighted by Gasteiger charge is 2.57. The predicted octanol–water partition coefficient (Wildman–Crippen LogP) is 7.25. The van der Waals surface area contributed by atoms with Crippen molar-refractivity contribution in [1.82, 2.24) is 4.90 Å². The van der Waals surface area contributed by atoms with Crippen LogP contribution in [0.15, 0.2) is 72.3 Å². The molecule has 226 valence electrons. The molecule has 4 atom stereocenters. The van der Waals surface area contributed by atoms with E-state index >= 15 is 0 Å². The molecule has 2 N–H and O–H groups in total. The summed E-state index contributed by atoms with van der Waals surface area (Å²) in [5, 5.41) is 23.4. The largest absolute Gasteiger partial charge is 0.393 e. The van der Waals surface area contributed by atoms with E-state index in [0.29, 0.717) is 37.8 Å². The number of hydrogen-bond donors (Lipinski definition) is 2. The van der Waals surface area contributed by atoms with Gasteiger partial charge in [0.15, 0.2) is 17.4 Å². The topological polar surface area (TPSA) is 60.8 Å². The molecule has 3 aromatic rings. The molecule has 2 bridgehead atoms. The number of rotatable bonds is 4. The van der Waals surface area contributed by atoms with Crippen LogP contribution in [0.25, 0.3) is 0 Å². The molecule has 0 amide bonds. The summed E-state index contributed by atoms with van der Waals surface area (Å²) in [6.07, 6.45) is 6.27. The number of nitrogens with zero attached hydrogens (tertiary/aromatic N) is 1. The second-order valence-corrected chi connectivity index (χ2v) is 13.3. The van der Waals surface area contributed by atoms with Gasteiger partial charge in [-0.15, -0.1) is 0 Å². The van der Waals surface area contributed by atoms with Crippen LogP contribution in [0.1, 0.15) is 96.5 Å². The lowest BCUT2D eigenvalue weighted by molar-refractivity contribution is -0.0845. The third kappa shape index (κ3) is 5.73. The molecule has 1 aliphatic heterocycles. The number of hydrogen-bond acceptors (Lipinski definition) is 4. The normalized spacial score (nSPS) is 27.8. The molecule has 4 nitrogen and oxygen atoms in total. The highest BCUT2D eigenvalue weighted by atomic mass is 19.2. The van der Waals surface area contributed by atoms with Crippen LogP contribution in [-0.2, 0) is 19.5 Å². The van der Waals surface area contributed by atoms with E-state index in [1.165, 1.54) is 22.8 Å². The van der Waals surface area contributed by atoms with Gasteiger partial charge >= 0.3 is 0 Å². The fraction of sp³-hybridized carbons (Fsp3) is 0.432. The van der Waals surface area contributed by atoms with Crippen molar-refractivity contribution in [3.8, 4) is 0 Å². The molecular weight excluding hydrogens is 544 g/mol. The molecule has 0 radical (unpaired) electrons. The van der Waals surface area contributed by atoms with E-state index < -0.39 is 28.8 Å². The number of carbonyl (C=O) groups is 1. The number of allylic oxidation sites excluding steroid dienone is 2. The highest BCUT2D eigenvalue weighted by Crippen LogP contribution is 2.59. The standard InChI is InChI=1S/C37H41F2NO3/c1-24-6-5-16-36(2)32(15-17-37(36,43)23-40-21-27-7-3-4-8-28(27)22-40)30-13-10-25(18-29(41)12-9-24)19-31(30)35(42)26-11-14-33(38)34(39)20-26/h3-4,6-8,10-11,13-14,19-20,29,32,41,43H,5,9,12,15-18,21-23H2,1-2H3. The average Bonchev–Trinajstić information content (AvgIpc) is 3.50. The molecule has 43 heavy (non-hydrogen) atoms. The van der Waals surface area contributed by atoms with Gasteiger partial charge in [0.25, 0.3) is 0 Å². The number of aliphatic hydroxyl groups is 2. The van der Waals surface area contributed by atoms with Crippen molar-refractivity contribution in [2.75, 3.05) is 6.54 Å². The molecule has 0 saturated heterocycles. The zero-order chi connectivity index (χ0) is 30.4. The van der Waals surface area contributed by atoms with Gasteiger partial charge in [0.2, 0.25) is 0 Å². The van der Waals surface area contributed by atoms with Crippen molar-refractivity contribution in [2.45, 2.75) is 89.5 Å². The third-order valence-electron chi connectivity index (χ3n) is 10.5. The minimum atomic E-state index is -1.06. The van der Waals surface area contributed by atoms with Crippen LogP contribution in [0.4, 0.5) is 8.78 Å². The Kier molecular flexibility index (Phi) is 8.14. The number of β-amino-alcohol motifs (C(OH)–C–C–N with tert-alkyl or cyclic N) is 1. The van der Waals surface area contributed by atoms with Gasteiger partial charge in [0.05, 0.1) is 11.7 Å². The SMILES string of the molecule is CC1=CCCC2(C)C(CCC2(O)CN2Cc3ccccc3C2)c2ccc(cc2C(=O)c2ccc(F)c(F)c2)CC(O)CC1. The summed E-state index contributed by atoms with van der Waals surface area (Å²) >= 11 is 0. The van der Waals surface area contributed by atoms with E-state index in [-0.39, 0.29) is 17.3 Å². The van der Waals surface area contributed by atoms with E-state index in [1.807, 2.05) is 18.2 Å². The van der Waals surface area contributed by atoms with Gasteiger partial charge in [-0.1, -0.05) is 55.0 Å². The Labute approximate surface area is 253 Å². The van der Waals surface area contributed by atoms with Gasteiger partial charge in [0.1, 0.15) is 0 Å². The van der Waals surface area contributed by atoms with Crippen molar-refractivity contribution in [3.05, 3.63) is 117 Å². The number of ketones is 1. The molecule has 1 saturated carbocycles. The Morgan fingerprint density at radius 1 is 0.977 bits per heavy atom. The highest BCUT2D eigenvalue weighted by molar-refractivity contribution is 6.10. The summed E-state index contributed by atoms with van der Waals surface area (Å²) in [6.45, 7) is 6.41. The van der Waals surface area contributed by atoms with E-state index in [1.54, 1.807) is 0 Å². The molecule has 4 unspecified atom stereocenters. The smallest absolute Gasteiger partial charge is 0.193 e. The van der Waals surface area contributed by atoms with Crippen LogP contribution in [0.2, 0.25) is 0 Å². The maximum Gasteiger partial charge on any atom is 0.193 e. The van der Waals surface area contributed by atoms with Crippen LogP contribution in [0, 0.1) is 17.0 Å². The van der Waals surface area contributed by atoms with E-state index in [0.717, 1.165) is 55.6 Å². The van der Waals surface area contributed by atoms with Crippen molar-refractivity contribution in [2.24, 2.45) is 5.41 Å². The fourth-order valence-corrected chi connectivity index (χ4v) is 7.87. The molecule has 1 fully saturated rings. The first-order valence-corrected chi connectivity index (χ1v) is 15.5. The molecule has 4 aliphatic rings. The Bertz CT molecular complexity index is 1540. The van der Waals surface area contributed by atoms with Gasteiger partial charge in [-0.25, -0.2) is 8.78 Å². The Morgan fingerprint density at radius 2 is 1.72 bits per heavy atom. The minimum absolute atomic E-state index is 0.0855. The minimum Gasteiger partial charge on any atom is -0.393 e. The van der Waals surface area contributed by atoms with E-state index in [2.05, 4.69) is 49.1 Å². The number of halogens is 2. The van der Waals surface area contributed by atoms with E-state index in [9.17, 15) is 23.8 Å². The Balaban J connectivity index is 1.42. The van der Waals surface area contributed by atoms with Crippen molar-refractivity contribution in [3.63, 3.8) is 0 Å². The summed E-state index contributed by atoms with van der Waals surface area (Å²) in [4.78, 5) is 16.3. The maximum absolute atomic E-state index is 14.2. The average molecular weight is 586 g/mol. The lowest BCUT2D eigenvalue weighted by Crippen LogP contribution is -2.51. The van der Waals surface area contributed by atoms with Crippen LogP contribution in [0.5, 0.6) is 0 Å². The first-order valence-electron chi connectivity index (χ1n) is 15.5. The fourth-order valence-electron chi connectivity index (χ4n) is 7.87. The van der Waals surface area contributed by atoms with Crippen molar-refractivity contribution < 1.29 is 23.8 Å². The monoisotopic (exact) mass is 585 g/mol. The Morgan fingerprint density at radius 3 is 2.44 bits per heavy atom. The molecule has 0 aromatic heterocycles. The number of fused-ring (bicyclic) bond motifs is 9. The van der Waals surface area contributed by atoms with Gasteiger partial charge in [-0.05, 0) is 104 Å². The van der Waals surface area contributed by atoms with E-state index in [4.69, 9.17) is 0 Å². The van der Waals surface area contributed by atoms with Gasteiger partial charge in [0, 0.05) is 36.2 Å². The van der Waals surface area contributed by atoms with Crippen molar-refractivity contribution >= 4 is 5.78 Å². The second kappa shape index (κ2) is 11.7. The van der Waals surface area contributed by atoms with Crippen molar-refractivity contribution in [1.29, 1.82) is 0 Å². The zero-order valence-electron chi connectivity index (χ0n) is 25.1. The molecule has 6 heteroatoms.